The number of aliphatic hydroxyl groups is 1. The number of esters is 1. The largest absolute Gasteiger partial charge is 0.509 e. The van der Waals surface area contributed by atoms with E-state index in [1.54, 1.807) is 31.2 Å². The van der Waals surface area contributed by atoms with Crippen molar-refractivity contribution in [2.75, 3.05) is 11.9 Å². The van der Waals surface area contributed by atoms with Crippen LogP contribution < -0.4 is 0 Å². The van der Waals surface area contributed by atoms with Gasteiger partial charge >= 0.3 is 5.97 Å². The summed E-state index contributed by atoms with van der Waals surface area (Å²) in [7, 11) is 0. The second-order valence-corrected chi connectivity index (χ2v) is 4.80. The van der Waals surface area contributed by atoms with Gasteiger partial charge in [-0.3, -0.25) is 0 Å². The van der Waals surface area contributed by atoms with Crippen molar-refractivity contribution in [1.82, 2.24) is 0 Å². The number of aliphatic hydroxyl groups excluding tert-OH is 1. The second kappa shape index (κ2) is 8.06. The molecule has 5 nitrogen and oxygen atoms in total. The van der Waals surface area contributed by atoms with Crippen molar-refractivity contribution >= 4 is 43.5 Å². The van der Waals surface area contributed by atoms with E-state index in [9.17, 15) is 9.90 Å². The van der Waals surface area contributed by atoms with Crippen molar-refractivity contribution in [2.24, 2.45) is 10.2 Å². The molecule has 19 heavy (non-hydrogen) atoms. The molecule has 0 aromatic heterocycles. The molecule has 0 spiro atoms. The van der Waals surface area contributed by atoms with Crippen LogP contribution in [0.4, 0.5) is 5.69 Å². The number of halogens is 2. The minimum Gasteiger partial charge on any atom is -0.509 e. The lowest BCUT2D eigenvalue weighted by Gasteiger charge is -2.03. The summed E-state index contributed by atoms with van der Waals surface area (Å²) in [5, 5.41) is 17.3. The normalized spacial score (nSPS) is 12.4. The van der Waals surface area contributed by atoms with Gasteiger partial charge in [0, 0.05) is 4.47 Å². The number of carbonyl (C=O) groups is 1. The maximum Gasteiger partial charge on any atom is 0.362 e. The zero-order chi connectivity index (χ0) is 14.3. The Labute approximate surface area is 127 Å². The van der Waals surface area contributed by atoms with E-state index in [2.05, 4.69) is 42.1 Å². The molecule has 0 aliphatic heterocycles. The molecule has 0 aliphatic carbocycles. The van der Waals surface area contributed by atoms with Crippen molar-refractivity contribution < 1.29 is 14.6 Å². The number of rotatable bonds is 5. The van der Waals surface area contributed by atoms with E-state index in [-0.39, 0.29) is 23.4 Å². The Bertz CT molecular complexity index is 498. The van der Waals surface area contributed by atoms with Gasteiger partial charge in [0.05, 0.1) is 17.6 Å². The highest BCUT2D eigenvalue weighted by Crippen LogP contribution is 2.19. The Balaban J connectivity index is 2.95. The lowest BCUT2D eigenvalue weighted by atomic mass is 10.3. The number of hydrogen-bond donors (Lipinski definition) is 1. The van der Waals surface area contributed by atoms with Crippen LogP contribution in [0.25, 0.3) is 0 Å². The quantitative estimate of drug-likeness (QED) is 0.268. The van der Waals surface area contributed by atoms with E-state index in [1.807, 2.05) is 0 Å². The second-order valence-electron chi connectivity index (χ2n) is 3.33. The molecule has 1 aromatic carbocycles. The number of allylic oxidation sites excluding steroid dienone is 1. The maximum absolute atomic E-state index is 11.6. The summed E-state index contributed by atoms with van der Waals surface area (Å²) in [6.07, 6.45) is 0. The molecule has 0 amide bonds. The first kappa shape index (κ1) is 15.8. The lowest BCUT2D eigenvalue weighted by Crippen LogP contribution is -2.09. The lowest BCUT2D eigenvalue weighted by molar-refractivity contribution is -0.138. The van der Waals surface area contributed by atoms with Crippen molar-refractivity contribution in [2.45, 2.75) is 6.92 Å². The van der Waals surface area contributed by atoms with Crippen LogP contribution in [-0.4, -0.2) is 23.0 Å². The van der Waals surface area contributed by atoms with Crippen LogP contribution in [-0.2, 0) is 9.53 Å². The van der Waals surface area contributed by atoms with Gasteiger partial charge in [0.15, 0.2) is 0 Å². The van der Waals surface area contributed by atoms with Gasteiger partial charge in [0.1, 0.15) is 5.76 Å². The maximum atomic E-state index is 11.6. The summed E-state index contributed by atoms with van der Waals surface area (Å²) in [5.74, 6) is -0.931. The fraction of sp³-hybridized carbons (Fsp3) is 0.250. The third kappa shape index (κ3) is 5.12. The molecule has 0 saturated carbocycles. The monoisotopic (exact) mass is 390 g/mol. The minimum atomic E-state index is -0.708. The summed E-state index contributed by atoms with van der Waals surface area (Å²) in [5.41, 5.74) is 0.356. The third-order valence-corrected chi connectivity index (χ3v) is 3.02. The SMILES string of the molecule is CCOC(=O)/C(N=Nc1ccc(Br)cc1)=C(\O)CBr. The van der Waals surface area contributed by atoms with Gasteiger partial charge in [-0.05, 0) is 31.2 Å². The molecule has 0 unspecified atom stereocenters. The van der Waals surface area contributed by atoms with Crippen LogP contribution in [0.5, 0.6) is 0 Å². The molecule has 7 heteroatoms. The molecular formula is C12H12Br2N2O3. The van der Waals surface area contributed by atoms with Crippen LogP contribution >= 0.6 is 31.9 Å². The predicted molar refractivity (Wildman–Crippen MR) is 78.7 cm³/mol. The van der Waals surface area contributed by atoms with E-state index in [0.717, 1.165) is 4.47 Å². The smallest absolute Gasteiger partial charge is 0.362 e. The number of ether oxygens (including phenoxy) is 1. The Hall–Kier alpha value is -1.21. The molecule has 1 N–H and O–H groups in total. The highest BCUT2D eigenvalue weighted by molar-refractivity contribution is 9.10. The molecule has 0 saturated heterocycles. The van der Waals surface area contributed by atoms with Gasteiger partial charge < -0.3 is 9.84 Å². The Morgan fingerprint density at radius 3 is 2.53 bits per heavy atom. The summed E-state index contributed by atoms with van der Waals surface area (Å²) in [6.45, 7) is 1.87. The van der Waals surface area contributed by atoms with Crippen LogP contribution in [0.3, 0.4) is 0 Å². The Morgan fingerprint density at radius 2 is 2.00 bits per heavy atom. The molecule has 1 aromatic rings. The third-order valence-electron chi connectivity index (χ3n) is 1.96. The first-order chi connectivity index (χ1) is 9.08. The molecular weight excluding hydrogens is 380 g/mol. The van der Waals surface area contributed by atoms with Gasteiger partial charge in [-0.15, -0.1) is 5.11 Å². The summed E-state index contributed by atoms with van der Waals surface area (Å²) in [4.78, 5) is 11.6. The van der Waals surface area contributed by atoms with Crippen molar-refractivity contribution in [3.05, 3.63) is 40.2 Å². The average Bonchev–Trinajstić information content (AvgIpc) is 2.41. The van der Waals surface area contributed by atoms with E-state index >= 15 is 0 Å². The molecule has 102 valence electrons. The van der Waals surface area contributed by atoms with E-state index in [0.29, 0.717) is 5.69 Å². The summed E-state index contributed by atoms with van der Waals surface area (Å²) < 4.78 is 5.71. The van der Waals surface area contributed by atoms with Gasteiger partial charge in [-0.1, -0.05) is 31.9 Å². The minimum absolute atomic E-state index is 0.0977. The zero-order valence-electron chi connectivity index (χ0n) is 10.1. The number of azo groups is 1. The molecule has 0 atom stereocenters. The number of alkyl halides is 1. The summed E-state index contributed by atoms with van der Waals surface area (Å²) in [6, 6.07) is 7.04. The van der Waals surface area contributed by atoms with Gasteiger partial charge in [-0.2, -0.15) is 5.11 Å². The first-order valence-electron chi connectivity index (χ1n) is 5.41. The van der Waals surface area contributed by atoms with Gasteiger partial charge in [0.2, 0.25) is 5.70 Å². The van der Waals surface area contributed by atoms with Crippen LogP contribution in [0.2, 0.25) is 0 Å². The first-order valence-corrected chi connectivity index (χ1v) is 7.32. The predicted octanol–water partition coefficient (Wildman–Crippen LogP) is 4.26. The molecule has 0 aliphatic rings. The van der Waals surface area contributed by atoms with Crippen LogP contribution in [0.1, 0.15) is 6.92 Å². The van der Waals surface area contributed by atoms with E-state index < -0.39 is 5.97 Å². The summed E-state index contributed by atoms with van der Waals surface area (Å²) >= 11 is 6.35. The average molecular weight is 392 g/mol. The fourth-order valence-corrected chi connectivity index (χ4v) is 1.62. The van der Waals surface area contributed by atoms with Crippen molar-refractivity contribution in [1.29, 1.82) is 0 Å². The molecule has 0 fully saturated rings. The van der Waals surface area contributed by atoms with Crippen LogP contribution in [0.15, 0.2) is 50.4 Å². The molecule has 0 bridgehead atoms. The zero-order valence-corrected chi connectivity index (χ0v) is 13.3. The number of carbonyl (C=O) groups excluding carboxylic acids is 1. The Kier molecular flexibility index (Phi) is 6.72. The number of benzene rings is 1. The van der Waals surface area contributed by atoms with Crippen molar-refractivity contribution in [3.8, 4) is 0 Å². The van der Waals surface area contributed by atoms with Crippen LogP contribution in [0, 0.1) is 0 Å². The molecule has 0 heterocycles. The van der Waals surface area contributed by atoms with E-state index in [4.69, 9.17) is 4.74 Å². The topological polar surface area (TPSA) is 71.2 Å². The number of hydrogen-bond acceptors (Lipinski definition) is 5. The highest BCUT2D eigenvalue weighted by Gasteiger charge is 2.15. The van der Waals surface area contributed by atoms with Gasteiger partial charge in [0.25, 0.3) is 0 Å². The Morgan fingerprint density at radius 1 is 1.37 bits per heavy atom. The molecule has 1 rings (SSSR count). The fourth-order valence-electron chi connectivity index (χ4n) is 1.09. The standard InChI is InChI=1S/C12H12Br2N2O3/c1-2-19-12(18)11(10(17)7-13)16-15-9-5-3-8(14)4-6-9/h3-6,17H,2,7H2,1H3/b11-10+,16-15?. The van der Waals surface area contributed by atoms with Gasteiger partial charge in [-0.25, -0.2) is 4.79 Å². The van der Waals surface area contributed by atoms with E-state index in [1.165, 1.54) is 0 Å². The van der Waals surface area contributed by atoms with Crippen molar-refractivity contribution in [3.63, 3.8) is 0 Å². The molecule has 0 radical (unpaired) electrons. The number of nitrogens with zero attached hydrogens (tertiary/aromatic N) is 2. The highest BCUT2D eigenvalue weighted by atomic mass is 79.9.